The van der Waals surface area contributed by atoms with Crippen molar-refractivity contribution >= 4 is 22.9 Å². The third kappa shape index (κ3) is 3.35. The second-order valence-corrected chi connectivity index (χ2v) is 6.59. The molecule has 2 aromatic heterocycles. The van der Waals surface area contributed by atoms with Crippen molar-refractivity contribution in [2.45, 2.75) is 27.2 Å². The Balaban J connectivity index is 1.91. The van der Waals surface area contributed by atoms with E-state index in [2.05, 4.69) is 26.7 Å². The highest BCUT2D eigenvalue weighted by molar-refractivity contribution is 7.12. The number of aromatic nitrogens is 4. The quantitative estimate of drug-likeness (QED) is 0.773. The van der Waals surface area contributed by atoms with Gasteiger partial charge in [0.15, 0.2) is 5.82 Å². The molecule has 0 saturated carbocycles. The first-order valence-electron chi connectivity index (χ1n) is 7.77. The van der Waals surface area contributed by atoms with Crippen molar-refractivity contribution in [3.8, 4) is 0 Å². The molecule has 1 N–H and O–H groups in total. The van der Waals surface area contributed by atoms with Crippen LogP contribution in [0, 0.1) is 13.8 Å². The first-order valence-corrected chi connectivity index (χ1v) is 8.65. The summed E-state index contributed by atoms with van der Waals surface area (Å²) in [5.74, 6) is 0.591. The Labute approximate surface area is 144 Å². The number of amides is 1. The van der Waals surface area contributed by atoms with E-state index >= 15 is 0 Å². The highest BCUT2D eigenvalue weighted by Crippen LogP contribution is 2.25. The van der Waals surface area contributed by atoms with Crippen LogP contribution < -0.4 is 4.90 Å². The van der Waals surface area contributed by atoms with Crippen LogP contribution in [0.3, 0.4) is 0 Å². The highest BCUT2D eigenvalue weighted by Gasteiger charge is 2.21. The van der Waals surface area contributed by atoms with Crippen LogP contribution in [-0.2, 0) is 6.42 Å². The number of hydrogen-bond acceptors (Lipinski definition) is 5. The molecule has 0 aliphatic carbocycles. The fourth-order valence-corrected chi connectivity index (χ4v) is 3.63. The van der Waals surface area contributed by atoms with Gasteiger partial charge in [0, 0.05) is 18.7 Å². The van der Waals surface area contributed by atoms with Crippen LogP contribution in [0.4, 0.5) is 5.69 Å². The normalized spacial score (nSPS) is 10.8. The molecule has 3 rings (SSSR count). The van der Waals surface area contributed by atoms with E-state index in [1.54, 1.807) is 0 Å². The Morgan fingerprint density at radius 2 is 2.00 bits per heavy atom. The molecule has 0 atom stereocenters. The maximum absolute atomic E-state index is 13.1. The zero-order chi connectivity index (χ0) is 17.1. The van der Waals surface area contributed by atoms with Crippen LogP contribution >= 0.6 is 11.3 Å². The minimum atomic E-state index is 0.0102. The Morgan fingerprint density at radius 3 is 2.62 bits per heavy atom. The molecule has 3 aromatic rings. The molecule has 0 aliphatic heterocycles. The SMILES string of the molecule is CCN(C(=O)c1sccc1Cc1nn[nH]n1)c1cc(C)cc(C)c1. The lowest BCUT2D eigenvalue weighted by molar-refractivity contribution is 0.0991. The Hall–Kier alpha value is -2.54. The smallest absolute Gasteiger partial charge is 0.268 e. The van der Waals surface area contributed by atoms with Crippen molar-refractivity contribution in [3.05, 3.63) is 57.0 Å². The number of tetrazole rings is 1. The van der Waals surface area contributed by atoms with Gasteiger partial charge in [-0.1, -0.05) is 11.3 Å². The van der Waals surface area contributed by atoms with E-state index < -0.39 is 0 Å². The van der Waals surface area contributed by atoms with Gasteiger partial charge in [-0.3, -0.25) is 4.79 Å². The van der Waals surface area contributed by atoms with Crippen LogP contribution in [0.15, 0.2) is 29.6 Å². The predicted molar refractivity (Wildman–Crippen MR) is 94.6 cm³/mol. The van der Waals surface area contributed by atoms with Gasteiger partial charge >= 0.3 is 0 Å². The molecule has 1 amide bonds. The van der Waals surface area contributed by atoms with Gasteiger partial charge in [-0.2, -0.15) is 5.21 Å². The van der Waals surface area contributed by atoms with E-state index in [-0.39, 0.29) is 5.91 Å². The molecule has 0 unspecified atom stereocenters. The molecule has 24 heavy (non-hydrogen) atoms. The van der Waals surface area contributed by atoms with E-state index in [0.29, 0.717) is 18.8 Å². The summed E-state index contributed by atoms with van der Waals surface area (Å²) in [6, 6.07) is 8.14. The molecule has 0 spiro atoms. The second-order valence-electron chi connectivity index (χ2n) is 5.68. The molecule has 0 fully saturated rings. The Bertz CT molecular complexity index is 820. The summed E-state index contributed by atoms with van der Waals surface area (Å²) in [7, 11) is 0. The summed E-state index contributed by atoms with van der Waals surface area (Å²) in [5, 5.41) is 15.9. The predicted octanol–water partition coefficient (Wildman–Crippen LogP) is 3.14. The van der Waals surface area contributed by atoms with Crippen LogP contribution in [0.5, 0.6) is 0 Å². The number of nitrogens with zero attached hydrogens (tertiary/aromatic N) is 4. The largest absolute Gasteiger partial charge is 0.308 e. The lowest BCUT2D eigenvalue weighted by atomic mass is 10.1. The summed E-state index contributed by atoms with van der Waals surface area (Å²) in [6.45, 7) is 6.69. The number of carbonyl (C=O) groups excluding carboxylic acids is 1. The Kier molecular flexibility index (Phi) is 4.71. The third-order valence-electron chi connectivity index (χ3n) is 3.76. The number of nitrogens with one attached hydrogen (secondary N) is 1. The zero-order valence-electron chi connectivity index (χ0n) is 13.9. The van der Waals surface area contributed by atoms with Crippen molar-refractivity contribution in [2.24, 2.45) is 0 Å². The second kappa shape index (κ2) is 6.92. The fraction of sp³-hybridized carbons (Fsp3) is 0.294. The van der Waals surface area contributed by atoms with E-state index in [4.69, 9.17) is 0 Å². The number of rotatable bonds is 5. The minimum absolute atomic E-state index is 0.0102. The number of aryl methyl sites for hydroxylation is 2. The fourth-order valence-electron chi connectivity index (χ4n) is 2.76. The van der Waals surface area contributed by atoms with Crippen molar-refractivity contribution in [1.29, 1.82) is 0 Å². The van der Waals surface area contributed by atoms with Gasteiger partial charge in [-0.05, 0) is 61.0 Å². The van der Waals surface area contributed by atoms with Gasteiger partial charge in [-0.25, -0.2) is 0 Å². The molecule has 124 valence electrons. The first kappa shape index (κ1) is 16.3. The van der Waals surface area contributed by atoms with E-state index in [9.17, 15) is 4.79 Å². The molecular weight excluding hydrogens is 322 g/mol. The van der Waals surface area contributed by atoms with Gasteiger partial charge in [0.1, 0.15) is 0 Å². The average Bonchev–Trinajstić information content (AvgIpc) is 3.19. The molecule has 2 heterocycles. The number of anilines is 1. The Morgan fingerprint density at radius 1 is 1.25 bits per heavy atom. The minimum Gasteiger partial charge on any atom is -0.308 e. The van der Waals surface area contributed by atoms with Gasteiger partial charge in [-0.15, -0.1) is 21.5 Å². The number of benzene rings is 1. The summed E-state index contributed by atoms with van der Waals surface area (Å²) < 4.78 is 0. The lowest BCUT2D eigenvalue weighted by Crippen LogP contribution is -2.30. The van der Waals surface area contributed by atoms with Crippen LogP contribution in [0.2, 0.25) is 0 Å². The van der Waals surface area contributed by atoms with Crippen molar-refractivity contribution in [1.82, 2.24) is 20.6 Å². The molecule has 0 radical (unpaired) electrons. The monoisotopic (exact) mass is 341 g/mol. The van der Waals surface area contributed by atoms with E-state index in [0.717, 1.165) is 27.3 Å². The molecule has 0 saturated heterocycles. The van der Waals surface area contributed by atoms with Gasteiger partial charge in [0.05, 0.1) is 4.88 Å². The molecule has 6 nitrogen and oxygen atoms in total. The van der Waals surface area contributed by atoms with Crippen LogP contribution in [0.1, 0.15) is 39.1 Å². The summed E-state index contributed by atoms with van der Waals surface area (Å²) >= 11 is 1.45. The summed E-state index contributed by atoms with van der Waals surface area (Å²) in [4.78, 5) is 15.6. The van der Waals surface area contributed by atoms with Crippen molar-refractivity contribution in [2.75, 3.05) is 11.4 Å². The average molecular weight is 341 g/mol. The van der Waals surface area contributed by atoms with Crippen LogP contribution in [-0.4, -0.2) is 33.1 Å². The number of aromatic amines is 1. The number of hydrogen-bond donors (Lipinski definition) is 1. The summed E-state index contributed by atoms with van der Waals surface area (Å²) in [6.07, 6.45) is 0.492. The van der Waals surface area contributed by atoms with E-state index in [1.807, 2.05) is 49.3 Å². The van der Waals surface area contributed by atoms with Gasteiger partial charge < -0.3 is 4.90 Å². The number of thiophene rings is 1. The molecule has 0 bridgehead atoms. The topological polar surface area (TPSA) is 74.8 Å². The van der Waals surface area contributed by atoms with Crippen molar-refractivity contribution < 1.29 is 4.79 Å². The van der Waals surface area contributed by atoms with Crippen molar-refractivity contribution in [3.63, 3.8) is 0 Å². The van der Waals surface area contributed by atoms with Crippen LogP contribution in [0.25, 0.3) is 0 Å². The summed E-state index contributed by atoms with van der Waals surface area (Å²) in [5.41, 5.74) is 4.15. The van der Waals surface area contributed by atoms with Gasteiger partial charge in [0.2, 0.25) is 0 Å². The zero-order valence-corrected chi connectivity index (χ0v) is 14.7. The maximum atomic E-state index is 13.1. The first-order chi connectivity index (χ1) is 11.6. The van der Waals surface area contributed by atoms with E-state index in [1.165, 1.54) is 11.3 Å². The third-order valence-corrected chi connectivity index (χ3v) is 4.70. The number of H-pyrrole nitrogens is 1. The van der Waals surface area contributed by atoms with Gasteiger partial charge in [0.25, 0.3) is 5.91 Å². The molecule has 1 aromatic carbocycles. The molecule has 7 heteroatoms. The maximum Gasteiger partial charge on any atom is 0.268 e. The number of carbonyl (C=O) groups is 1. The standard InChI is InChI=1S/C17H19N5OS/c1-4-22(14-8-11(2)7-12(3)9-14)17(23)16-13(5-6-24-16)10-15-18-20-21-19-15/h5-9H,4,10H2,1-3H3,(H,18,19,20,21). The molecule has 0 aliphatic rings. The molecular formula is C17H19N5OS. The highest BCUT2D eigenvalue weighted by atomic mass is 32.1. The lowest BCUT2D eigenvalue weighted by Gasteiger charge is -2.22.